The Morgan fingerprint density at radius 2 is 2.29 bits per heavy atom. The van der Waals surface area contributed by atoms with E-state index >= 15 is 0 Å². The highest BCUT2D eigenvalue weighted by atomic mass is 32.2. The number of aromatic nitrogens is 4. The molecule has 1 aromatic carbocycles. The summed E-state index contributed by atoms with van der Waals surface area (Å²) in [4.78, 5) is 12.0. The van der Waals surface area contributed by atoms with Crippen molar-refractivity contribution in [3.63, 3.8) is 0 Å². The zero-order valence-corrected chi connectivity index (χ0v) is 12.6. The quantitative estimate of drug-likeness (QED) is 0.935. The molecule has 2 heterocycles. The minimum Gasteiger partial charge on any atom is -0.355 e. The third-order valence-electron chi connectivity index (χ3n) is 3.42. The van der Waals surface area contributed by atoms with Gasteiger partial charge < -0.3 is 5.32 Å². The lowest BCUT2D eigenvalue weighted by molar-refractivity contribution is -0.120. The summed E-state index contributed by atoms with van der Waals surface area (Å²) in [6, 6.07) is 7.98. The number of benzene rings is 1. The van der Waals surface area contributed by atoms with Crippen LogP contribution in [0.15, 0.2) is 29.4 Å². The van der Waals surface area contributed by atoms with Gasteiger partial charge in [0.15, 0.2) is 0 Å². The van der Waals surface area contributed by atoms with Gasteiger partial charge in [0, 0.05) is 6.54 Å². The van der Waals surface area contributed by atoms with Gasteiger partial charge in [-0.05, 0) is 47.9 Å². The molecule has 0 radical (unpaired) electrons. The molecule has 1 fully saturated rings. The van der Waals surface area contributed by atoms with Gasteiger partial charge in [0.2, 0.25) is 11.1 Å². The lowest BCUT2D eigenvalue weighted by Gasteiger charge is -2.12. The molecule has 0 unspecified atom stereocenters. The number of rotatable bonds is 3. The van der Waals surface area contributed by atoms with Crippen LogP contribution in [0.1, 0.15) is 24.8 Å². The summed E-state index contributed by atoms with van der Waals surface area (Å²) < 4.78 is 1.69. The lowest BCUT2D eigenvalue weighted by Crippen LogP contribution is -2.30. The first-order valence-electron chi connectivity index (χ1n) is 7.04. The number of nitrogens with one attached hydrogen (secondary N) is 1. The topological polar surface area (TPSA) is 72.7 Å². The molecule has 0 bridgehead atoms. The molecule has 1 aliphatic heterocycles. The van der Waals surface area contributed by atoms with Crippen LogP contribution in [0.4, 0.5) is 0 Å². The minimum absolute atomic E-state index is 0.0799. The fourth-order valence-electron chi connectivity index (χ4n) is 2.33. The first-order chi connectivity index (χ1) is 10.2. The van der Waals surface area contributed by atoms with E-state index in [0.717, 1.165) is 37.1 Å². The van der Waals surface area contributed by atoms with Crippen molar-refractivity contribution >= 4 is 17.7 Å². The SMILES string of the molecule is Cc1cccc(-n2nnnc2S[C@@H]2CCCCNC2=O)c1. The first-order valence-corrected chi connectivity index (χ1v) is 7.92. The van der Waals surface area contributed by atoms with Gasteiger partial charge in [0.05, 0.1) is 10.9 Å². The lowest BCUT2D eigenvalue weighted by atomic mass is 10.2. The zero-order valence-electron chi connectivity index (χ0n) is 11.8. The number of nitrogens with zero attached hydrogens (tertiary/aromatic N) is 4. The van der Waals surface area contributed by atoms with E-state index in [1.54, 1.807) is 4.68 Å². The van der Waals surface area contributed by atoms with Crippen LogP contribution < -0.4 is 5.32 Å². The number of aryl methyl sites for hydroxylation is 1. The molecule has 3 rings (SSSR count). The van der Waals surface area contributed by atoms with E-state index in [2.05, 4.69) is 20.8 Å². The predicted molar refractivity (Wildman–Crippen MR) is 80.4 cm³/mol. The van der Waals surface area contributed by atoms with Crippen LogP contribution in [0.3, 0.4) is 0 Å². The molecule has 6 nitrogen and oxygen atoms in total. The molecule has 0 aliphatic carbocycles. The van der Waals surface area contributed by atoms with Gasteiger partial charge in [-0.1, -0.05) is 30.3 Å². The van der Waals surface area contributed by atoms with Gasteiger partial charge in [-0.15, -0.1) is 5.10 Å². The van der Waals surface area contributed by atoms with Crippen molar-refractivity contribution in [1.82, 2.24) is 25.5 Å². The third-order valence-corrected chi connectivity index (χ3v) is 4.62. The van der Waals surface area contributed by atoms with Gasteiger partial charge in [0.1, 0.15) is 0 Å². The first kappa shape index (κ1) is 14.1. The van der Waals surface area contributed by atoms with E-state index < -0.39 is 0 Å². The van der Waals surface area contributed by atoms with Crippen LogP contribution in [0.5, 0.6) is 0 Å². The molecule has 1 amide bonds. The second kappa shape index (κ2) is 6.26. The third kappa shape index (κ3) is 3.24. The standard InChI is InChI=1S/C14H17N5OS/c1-10-5-4-6-11(9-10)19-14(16-17-18-19)21-12-7-2-3-8-15-13(12)20/h4-6,9,12H,2-3,7-8H2,1H3,(H,15,20)/t12-/m1/s1. The van der Waals surface area contributed by atoms with Crippen LogP contribution in [-0.4, -0.2) is 37.9 Å². The van der Waals surface area contributed by atoms with Crippen molar-refractivity contribution in [2.75, 3.05) is 6.54 Å². The Kier molecular flexibility index (Phi) is 4.19. The largest absolute Gasteiger partial charge is 0.355 e. The van der Waals surface area contributed by atoms with E-state index in [4.69, 9.17) is 0 Å². The number of tetrazole rings is 1. The molecule has 1 saturated heterocycles. The summed E-state index contributed by atoms with van der Waals surface area (Å²) >= 11 is 1.43. The number of hydrogen-bond donors (Lipinski definition) is 1. The Morgan fingerprint density at radius 3 is 3.14 bits per heavy atom. The fourth-order valence-corrected chi connectivity index (χ4v) is 3.38. The maximum atomic E-state index is 12.0. The van der Waals surface area contributed by atoms with E-state index in [1.807, 2.05) is 31.2 Å². The molecule has 1 aliphatic rings. The number of hydrogen-bond acceptors (Lipinski definition) is 5. The summed E-state index contributed by atoms with van der Waals surface area (Å²) in [5.74, 6) is 0.0799. The fraction of sp³-hybridized carbons (Fsp3) is 0.429. The Morgan fingerprint density at radius 1 is 1.38 bits per heavy atom. The predicted octanol–water partition coefficient (Wildman–Crippen LogP) is 1.73. The summed E-state index contributed by atoms with van der Waals surface area (Å²) in [5.41, 5.74) is 2.06. The Hall–Kier alpha value is -1.89. The normalized spacial score (nSPS) is 19.1. The van der Waals surface area contributed by atoms with Gasteiger partial charge in [-0.25, -0.2) is 0 Å². The number of amides is 1. The van der Waals surface area contributed by atoms with Gasteiger partial charge in [0.25, 0.3) is 0 Å². The monoisotopic (exact) mass is 303 g/mol. The van der Waals surface area contributed by atoms with E-state index in [-0.39, 0.29) is 11.2 Å². The molecule has 110 valence electrons. The van der Waals surface area contributed by atoms with Crippen molar-refractivity contribution in [2.45, 2.75) is 36.6 Å². The molecule has 1 N–H and O–H groups in total. The average molecular weight is 303 g/mol. The Bertz CT molecular complexity index is 642. The molecule has 21 heavy (non-hydrogen) atoms. The number of carbonyl (C=O) groups excluding carboxylic acids is 1. The Balaban J connectivity index is 1.84. The van der Waals surface area contributed by atoms with Crippen LogP contribution in [0, 0.1) is 6.92 Å². The summed E-state index contributed by atoms with van der Waals surface area (Å²) in [6.07, 6.45) is 2.94. The molecule has 2 aromatic rings. The molecule has 0 spiro atoms. The summed E-state index contributed by atoms with van der Waals surface area (Å²) in [6.45, 7) is 2.79. The minimum atomic E-state index is -0.123. The van der Waals surface area contributed by atoms with Crippen LogP contribution in [-0.2, 0) is 4.79 Å². The smallest absolute Gasteiger partial charge is 0.233 e. The van der Waals surface area contributed by atoms with Gasteiger partial charge in [-0.2, -0.15) is 4.68 Å². The second-order valence-corrected chi connectivity index (χ2v) is 6.28. The van der Waals surface area contributed by atoms with E-state index in [1.165, 1.54) is 11.8 Å². The number of thioether (sulfide) groups is 1. The second-order valence-electron chi connectivity index (χ2n) is 5.11. The van der Waals surface area contributed by atoms with Gasteiger partial charge in [-0.3, -0.25) is 4.79 Å². The Labute approximate surface area is 127 Å². The summed E-state index contributed by atoms with van der Waals surface area (Å²) in [5, 5.41) is 15.3. The van der Waals surface area contributed by atoms with E-state index in [0.29, 0.717) is 5.16 Å². The highest BCUT2D eigenvalue weighted by molar-refractivity contribution is 8.00. The summed E-state index contributed by atoms with van der Waals surface area (Å²) in [7, 11) is 0. The van der Waals surface area contributed by atoms with Crippen molar-refractivity contribution < 1.29 is 4.79 Å². The van der Waals surface area contributed by atoms with Crippen molar-refractivity contribution in [3.05, 3.63) is 29.8 Å². The molecular formula is C14H17N5OS. The van der Waals surface area contributed by atoms with Crippen molar-refractivity contribution in [2.24, 2.45) is 0 Å². The van der Waals surface area contributed by atoms with Crippen molar-refractivity contribution in [1.29, 1.82) is 0 Å². The van der Waals surface area contributed by atoms with E-state index in [9.17, 15) is 4.79 Å². The highest BCUT2D eigenvalue weighted by Crippen LogP contribution is 2.27. The molecule has 1 atom stereocenters. The van der Waals surface area contributed by atoms with Gasteiger partial charge >= 0.3 is 0 Å². The highest BCUT2D eigenvalue weighted by Gasteiger charge is 2.24. The van der Waals surface area contributed by atoms with Crippen molar-refractivity contribution in [3.8, 4) is 5.69 Å². The van der Waals surface area contributed by atoms with Crippen LogP contribution in [0.2, 0.25) is 0 Å². The molecular weight excluding hydrogens is 286 g/mol. The average Bonchev–Trinajstić information content (AvgIpc) is 2.84. The van der Waals surface area contributed by atoms with Crippen LogP contribution in [0.25, 0.3) is 5.69 Å². The number of carbonyl (C=O) groups is 1. The maximum absolute atomic E-state index is 12.0. The maximum Gasteiger partial charge on any atom is 0.233 e. The molecule has 1 aromatic heterocycles. The van der Waals surface area contributed by atoms with Crippen LogP contribution >= 0.6 is 11.8 Å². The molecule has 0 saturated carbocycles. The zero-order chi connectivity index (χ0) is 14.7. The molecule has 7 heteroatoms.